The maximum Gasteiger partial charge on any atom is 0.254 e. The van der Waals surface area contributed by atoms with E-state index in [1.165, 1.54) is 12.8 Å². The van der Waals surface area contributed by atoms with Crippen LogP contribution in [0.1, 0.15) is 36.0 Å². The number of hydrogen-bond donors (Lipinski definition) is 1. The maximum atomic E-state index is 13.7. The van der Waals surface area contributed by atoms with Crippen molar-refractivity contribution in [1.82, 2.24) is 33.8 Å². The number of ether oxygens (including phenoxy) is 1. The predicted molar refractivity (Wildman–Crippen MR) is 156 cm³/mol. The highest BCUT2D eigenvalue weighted by atomic mass is 16.5. The van der Waals surface area contributed by atoms with E-state index in [1.807, 2.05) is 41.9 Å². The maximum absolute atomic E-state index is 13.7. The van der Waals surface area contributed by atoms with Crippen LogP contribution in [0.3, 0.4) is 0 Å². The molecule has 2 aliphatic carbocycles. The molecule has 3 aliphatic rings. The molecule has 0 spiro atoms. The summed E-state index contributed by atoms with van der Waals surface area (Å²) in [6, 6.07) is 12.3. The van der Waals surface area contributed by atoms with Gasteiger partial charge in [0.05, 0.1) is 29.7 Å². The lowest BCUT2D eigenvalue weighted by Gasteiger charge is -2.27. The summed E-state index contributed by atoms with van der Waals surface area (Å²) in [7, 11) is 5.60. The number of aromatic nitrogens is 6. The number of carbonyl (C=O) groups excluding carboxylic acids is 1. The number of likely N-dealkylation sites (tertiary alicyclic amines) is 1. The highest BCUT2D eigenvalue weighted by Crippen LogP contribution is 2.40. The standard InChI is InChI=1S/C31H34N8O2/c1-36-28-22(12-20(14-26(28)41-3)31(40)39-16-19-7-9-24(39)27(19)32)35-30(36)25-13-18-6-8-21(23-10-11-33-37(23)2)34-29(18)38(25)15-17-4-5-17/h6,8,10-14,17,19,24,27H,4-5,7,9,15-16,32H2,1-3H3. The van der Waals surface area contributed by atoms with Crippen LogP contribution in [-0.2, 0) is 20.6 Å². The largest absolute Gasteiger partial charge is 0.494 e. The van der Waals surface area contributed by atoms with Crippen molar-refractivity contribution in [1.29, 1.82) is 0 Å². The highest BCUT2D eigenvalue weighted by Gasteiger charge is 2.47. The third-order valence-corrected chi connectivity index (χ3v) is 9.51. The molecule has 41 heavy (non-hydrogen) atoms. The van der Waals surface area contributed by atoms with Gasteiger partial charge >= 0.3 is 0 Å². The number of benzene rings is 1. The monoisotopic (exact) mass is 550 g/mol. The van der Waals surface area contributed by atoms with Crippen molar-refractivity contribution in [2.45, 2.75) is 44.3 Å². The zero-order valence-electron chi connectivity index (χ0n) is 23.6. The second-order valence-corrected chi connectivity index (χ2v) is 12.0. The van der Waals surface area contributed by atoms with Crippen molar-refractivity contribution in [3.8, 4) is 28.7 Å². The Labute approximate surface area is 237 Å². The molecular weight excluding hydrogens is 516 g/mol. The molecular formula is C31H34N8O2. The van der Waals surface area contributed by atoms with Crippen molar-refractivity contribution in [2.24, 2.45) is 31.7 Å². The van der Waals surface area contributed by atoms with E-state index >= 15 is 0 Å². The molecule has 3 unspecified atom stereocenters. The molecule has 2 bridgehead atoms. The molecule has 1 aromatic carbocycles. The number of amides is 1. The van der Waals surface area contributed by atoms with Crippen molar-refractivity contribution >= 4 is 28.0 Å². The Morgan fingerprint density at radius 3 is 2.59 bits per heavy atom. The highest BCUT2D eigenvalue weighted by molar-refractivity contribution is 6.00. The zero-order valence-corrected chi connectivity index (χ0v) is 23.6. The van der Waals surface area contributed by atoms with Gasteiger partial charge in [0.2, 0.25) is 0 Å². The fraction of sp³-hybridized carbons (Fsp3) is 0.419. The molecule has 0 radical (unpaired) electrons. The van der Waals surface area contributed by atoms with Crippen LogP contribution < -0.4 is 10.5 Å². The lowest BCUT2D eigenvalue weighted by atomic mass is 10.1. The van der Waals surface area contributed by atoms with Gasteiger partial charge < -0.3 is 24.5 Å². The number of hydrogen-bond acceptors (Lipinski definition) is 6. The Balaban J connectivity index is 1.25. The molecule has 10 heteroatoms. The van der Waals surface area contributed by atoms with Gasteiger partial charge in [0.1, 0.15) is 16.9 Å². The number of piperidine rings is 1. The Hall–Kier alpha value is -4.18. The van der Waals surface area contributed by atoms with Gasteiger partial charge in [0, 0.05) is 56.4 Å². The summed E-state index contributed by atoms with van der Waals surface area (Å²) in [4.78, 5) is 25.9. The minimum atomic E-state index is 0.00907. The first-order valence-corrected chi connectivity index (χ1v) is 14.5. The summed E-state index contributed by atoms with van der Waals surface area (Å²) in [6.07, 6.45) is 6.33. The van der Waals surface area contributed by atoms with Gasteiger partial charge in [-0.1, -0.05) is 0 Å². The van der Waals surface area contributed by atoms with E-state index in [0.717, 1.165) is 70.9 Å². The van der Waals surface area contributed by atoms with E-state index in [4.69, 9.17) is 20.4 Å². The van der Waals surface area contributed by atoms with Crippen LogP contribution in [0.4, 0.5) is 0 Å². The second kappa shape index (κ2) is 8.91. The molecule has 1 amide bonds. The fourth-order valence-electron chi connectivity index (χ4n) is 7.09. The van der Waals surface area contributed by atoms with Crippen LogP contribution in [0.2, 0.25) is 0 Å². The van der Waals surface area contributed by atoms with Crippen LogP contribution >= 0.6 is 0 Å². The van der Waals surface area contributed by atoms with Crippen molar-refractivity contribution in [3.05, 3.63) is 48.2 Å². The quantitative estimate of drug-likeness (QED) is 0.343. The van der Waals surface area contributed by atoms with E-state index < -0.39 is 0 Å². The average Bonchev–Trinajstić information content (AvgIpc) is 3.23. The van der Waals surface area contributed by atoms with Gasteiger partial charge in [-0.15, -0.1) is 0 Å². The van der Waals surface area contributed by atoms with Gasteiger partial charge in [-0.2, -0.15) is 5.10 Å². The predicted octanol–water partition coefficient (Wildman–Crippen LogP) is 3.97. The Bertz CT molecular complexity index is 1840. The molecule has 5 heterocycles. The zero-order chi connectivity index (χ0) is 28.0. The molecule has 1 aliphatic heterocycles. The minimum absolute atomic E-state index is 0.00907. The summed E-state index contributed by atoms with van der Waals surface area (Å²) >= 11 is 0. The van der Waals surface area contributed by atoms with Gasteiger partial charge in [-0.05, 0) is 73.9 Å². The van der Waals surface area contributed by atoms with E-state index in [0.29, 0.717) is 23.1 Å². The lowest BCUT2D eigenvalue weighted by molar-refractivity contribution is 0.0700. The summed E-state index contributed by atoms with van der Waals surface area (Å²) < 4.78 is 12.1. The molecule has 3 atom stereocenters. The lowest BCUT2D eigenvalue weighted by Crippen LogP contribution is -2.41. The number of aryl methyl sites for hydroxylation is 2. The van der Waals surface area contributed by atoms with Crippen LogP contribution in [-0.4, -0.2) is 65.4 Å². The molecule has 1 saturated heterocycles. The van der Waals surface area contributed by atoms with E-state index in [2.05, 4.69) is 32.4 Å². The molecule has 210 valence electrons. The molecule has 2 saturated carbocycles. The first-order chi connectivity index (χ1) is 19.9. The smallest absolute Gasteiger partial charge is 0.254 e. The Morgan fingerprint density at radius 2 is 1.90 bits per heavy atom. The summed E-state index contributed by atoms with van der Waals surface area (Å²) in [5.41, 5.74) is 12.4. The third kappa shape index (κ3) is 3.73. The number of rotatable bonds is 6. The minimum Gasteiger partial charge on any atom is -0.494 e. The van der Waals surface area contributed by atoms with Crippen LogP contribution in [0.25, 0.3) is 45.0 Å². The number of nitrogens with two attached hydrogens (primary N) is 1. The molecule has 8 rings (SSSR count). The SMILES string of the molecule is COc1cc(C(=O)N2CC3CCC2C3N)cc2nc(-c3cc4ccc(-c5ccnn5C)nc4n3CC3CC3)n(C)c12. The topological polar surface area (TPSA) is 109 Å². The van der Waals surface area contributed by atoms with Gasteiger partial charge in [0.15, 0.2) is 5.82 Å². The second-order valence-electron chi connectivity index (χ2n) is 12.0. The van der Waals surface area contributed by atoms with Crippen LogP contribution in [0, 0.1) is 11.8 Å². The van der Waals surface area contributed by atoms with E-state index in [1.54, 1.807) is 13.3 Å². The van der Waals surface area contributed by atoms with Crippen molar-refractivity contribution < 1.29 is 9.53 Å². The summed E-state index contributed by atoms with van der Waals surface area (Å²) in [5, 5.41) is 5.40. The molecule has 3 fully saturated rings. The summed E-state index contributed by atoms with van der Waals surface area (Å²) in [5.74, 6) is 2.52. The number of carbonyl (C=O) groups is 1. The molecule has 5 aromatic rings. The first kappa shape index (κ1) is 24.6. The molecule has 2 N–H and O–H groups in total. The van der Waals surface area contributed by atoms with Crippen molar-refractivity contribution in [2.75, 3.05) is 13.7 Å². The molecule has 10 nitrogen and oxygen atoms in total. The van der Waals surface area contributed by atoms with Gasteiger partial charge in [-0.25, -0.2) is 9.97 Å². The first-order valence-electron chi connectivity index (χ1n) is 14.5. The number of pyridine rings is 1. The number of nitrogens with zero attached hydrogens (tertiary/aromatic N) is 7. The van der Waals surface area contributed by atoms with Crippen molar-refractivity contribution in [3.63, 3.8) is 0 Å². The number of imidazole rings is 1. The van der Waals surface area contributed by atoms with E-state index in [9.17, 15) is 4.79 Å². The third-order valence-electron chi connectivity index (χ3n) is 9.51. The molecule has 4 aromatic heterocycles. The number of fused-ring (bicyclic) bond motifs is 4. The summed E-state index contributed by atoms with van der Waals surface area (Å²) in [6.45, 7) is 1.62. The fourth-order valence-corrected chi connectivity index (χ4v) is 7.09. The van der Waals surface area contributed by atoms with Crippen LogP contribution in [0.5, 0.6) is 5.75 Å². The normalized spacial score (nSPS) is 22.0. The van der Waals surface area contributed by atoms with Gasteiger partial charge in [-0.3, -0.25) is 9.48 Å². The van der Waals surface area contributed by atoms with E-state index in [-0.39, 0.29) is 18.0 Å². The Kier molecular flexibility index (Phi) is 5.35. The van der Waals surface area contributed by atoms with Gasteiger partial charge in [0.25, 0.3) is 5.91 Å². The number of methoxy groups -OCH3 is 1. The average molecular weight is 551 g/mol. The van der Waals surface area contributed by atoms with Crippen LogP contribution in [0.15, 0.2) is 42.6 Å². The Morgan fingerprint density at radius 1 is 1.05 bits per heavy atom.